The second kappa shape index (κ2) is 9.33. The van der Waals surface area contributed by atoms with Gasteiger partial charge in [0.15, 0.2) is 0 Å². The number of amides is 2. The molecule has 3 nitrogen and oxygen atoms in total. The largest absolute Gasteiger partial charge is 0.274 e. The van der Waals surface area contributed by atoms with Crippen molar-refractivity contribution in [3.05, 3.63) is 112 Å². The summed E-state index contributed by atoms with van der Waals surface area (Å²) in [6, 6.07) is 26.9. The van der Waals surface area contributed by atoms with Gasteiger partial charge in [0.2, 0.25) is 0 Å². The van der Waals surface area contributed by atoms with E-state index in [2.05, 4.69) is 0 Å². The van der Waals surface area contributed by atoms with Gasteiger partial charge >= 0.3 is 0 Å². The first kappa shape index (κ1) is 20.5. The van der Waals surface area contributed by atoms with Crippen LogP contribution in [0, 0.1) is 0 Å². The molecule has 1 aliphatic rings. The molecule has 30 heavy (non-hydrogen) atoms. The van der Waals surface area contributed by atoms with Gasteiger partial charge in [0.1, 0.15) is 0 Å². The molecule has 4 rings (SSSR count). The van der Waals surface area contributed by atoms with Crippen molar-refractivity contribution in [1.29, 1.82) is 0 Å². The zero-order valence-electron chi connectivity index (χ0n) is 16.3. The Morgan fingerprint density at radius 1 is 0.733 bits per heavy atom. The maximum Gasteiger partial charge on any atom is 0.268 e. The number of benzene rings is 3. The van der Waals surface area contributed by atoms with Gasteiger partial charge in [0.05, 0.1) is 10.5 Å². The third kappa shape index (κ3) is 4.50. The highest BCUT2D eigenvalue weighted by Crippen LogP contribution is 2.37. The third-order valence-electron chi connectivity index (χ3n) is 4.95. The highest BCUT2D eigenvalue weighted by atomic mass is 35.5. The van der Waals surface area contributed by atoms with Crippen LogP contribution in [0.4, 0.5) is 0 Å². The van der Waals surface area contributed by atoms with Crippen molar-refractivity contribution in [2.45, 2.75) is 12.2 Å². The molecule has 5 heteroatoms. The van der Waals surface area contributed by atoms with E-state index in [1.54, 1.807) is 0 Å². The fourth-order valence-corrected chi connectivity index (χ4v) is 4.58. The quantitative estimate of drug-likeness (QED) is 0.455. The number of rotatable bonds is 7. The summed E-state index contributed by atoms with van der Waals surface area (Å²) in [7, 11) is 0. The van der Waals surface area contributed by atoms with Gasteiger partial charge in [0.25, 0.3) is 11.8 Å². The van der Waals surface area contributed by atoms with Crippen LogP contribution < -0.4 is 0 Å². The van der Waals surface area contributed by atoms with Crippen LogP contribution in [-0.2, 0) is 21.8 Å². The maximum atomic E-state index is 13.2. The van der Waals surface area contributed by atoms with E-state index < -0.39 is 0 Å². The fourth-order valence-electron chi connectivity index (χ4n) is 3.37. The molecule has 0 radical (unpaired) electrons. The number of hydrogen-bond acceptors (Lipinski definition) is 3. The molecule has 0 aromatic heterocycles. The monoisotopic (exact) mass is 433 g/mol. The predicted octanol–water partition coefficient (Wildman–Crippen LogP) is 5.60. The first-order valence-electron chi connectivity index (χ1n) is 9.70. The summed E-state index contributed by atoms with van der Waals surface area (Å²) in [6.07, 6.45) is 0.591. The Bertz CT molecular complexity index is 1080. The maximum absolute atomic E-state index is 13.2. The second-order valence-electron chi connectivity index (χ2n) is 6.98. The van der Waals surface area contributed by atoms with Gasteiger partial charge in [-0.2, -0.15) is 0 Å². The Morgan fingerprint density at radius 2 is 1.37 bits per heavy atom. The summed E-state index contributed by atoms with van der Waals surface area (Å²) >= 11 is 7.38. The van der Waals surface area contributed by atoms with Crippen LogP contribution in [0.2, 0.25) is 5.02 Å². The fraction of sp³-hybridized carbons (Fsp3) is 0.120. The number of nitrogens with zero attached hydrogens (tertiary/aromatic N) is 1. The molecule has 0 saturated carbocycles. The molecule has 1 heterocycles. The summed E-state index contributed by atoms with van der Waals surface area (Å²) in [5, 5.41) is 0.666. The van der Waals surface area contributed by atoms with Crippen molar-refractivity contribution < 1.29 is 9.59 Å². The average Bonchev–Trinajstić information content (AvgIpc) is 3.02. The van der Waals surface area contributed by atoms with E-state index in [-0.39, 0.29) is 11.8 Å². The molecule has 0 fully saturated rings. The molecular formula is C25H20ClNO2S. The van der Waals surface area contributed by atoms with E-state index in [9.17, 15) is 9.59 Å². The van der Waals surface area contributed by atoms with Crippen LogP contribution in [0.3, 0.4) is 0 Å². The van der Waals surface area contributed by atoms with Crippen LogP contribution in [0.1, 0.15) is 16.7 Å². The lowest BCUT2D eigenvalue weighted by atomic mass is 10.1. The van der Waals surface area contributed by atoms with E-state index in [0.717, 1.165) is 16.7 Å². The first-order valence-corrected chi connectivity index (χ1v) is 11.1. The van der Waals surface area contributed by atoms with Crippen molar-refractivity contribution in [2.24, 2.45) is 0 Å². The van der Waals surface area contributed by atoms with E-state index >= 15 is 0 Å². The molecular weight excluding hydrogens is 414 g/mol. The van der Waals surface area contributed by atoms with Crippen LogP contribution in [0.15, 0.2) is 89.8 Å². The Labute approximate surface area is 185 Å². The summed E-state index contributed by atoms with van der Waals surface area (Å²) in [5.41, 5.74) is 3.42. The van der Waals surface area contributed by atoms with Gasteiger partial charge in [-0.1, -0.05) is 84.4 Å². The zero-order valence-corrected chi connectivity index (χ0v) is 17.8. The van der Waals surface area contributed by atoms with Crippen molar-refractivity contribution >= 4 is 40.8 Å². The van der Waals surface area contributed by atoms with Gasteiger partial charge in [-0.3, -0.25) is 14.5 Å². The number of carbonyl (C=O) groups excluding carboxylic acids is 2. The Kier molecular flexibility index (Phi) is 6.36. The molecule has 0 aliphatic carbocycles. The van der Waals surface area contributed by atoms with Crippen molar-refractivity contribution in [3.8, 4) is 0 Å². The van der Waals surface area contributed by atoms with Crippen LogP contribution >= 0.6 is 23.4 Å². The van der Waals surface area contributed by atoms with Crippen molar-refractivity contribution in [2.75, 3.05) is 6.54 Å². The highest BCUT2D eigenvalue weighted by Gasteiger charge is 2.38. The minimum absolute atomic E-state index is 0.214. The van der Waals surface area contributed by atoms with Gasteiger partial charge in [-0.25, -0.2) is 0 Å². The smallest absolute Gasteiger partial charge is 0.268 e. The molecule has 0 atom stereocenters. The number of halogens is 1. The lowest BCUT2D eigenvalue weighted by Gasteiger charge is -2.15. The van der Waals surface area contributed by atoms with E-state index in [4.69, 9.17) is 11.6 Å². The summed E-state index contributed by atoms with van der Waals surface area (Å²) in [5.74, 6) is 0.195. The number of imide groups is 1. The van der Waals surface area contributed by atoms with Gasteiger partial charge in [-0.15, -0.1) is 11.8 Å². The minimum atomic E-state index is -0.226. The van der Waals surface area contributed by atoms with Crippen molar-refractivity contribution in [1.82, 2.24) is 4.90 Å². The molecule has 0 bridgehead atoms. The van der Waals surface area contributed by atoms with Gasteiger partial charge < -0.3 is 0 Å². The molecule has 0 unspecified atom stereocenters. The highest BCUT2D eigenvalue weighted by molar-refractivity contribution is 8.03. The Balaban J connectivity index is 1.57. The Hall–Kier alpha value is -2.82. The first-order chi connectivity index (χ1) is 14.6. The molecule has 3 aromatic carbocycles. The Morgan fingerprint density at radius 3 is 2.03 bits per heavy atom. The molecule has 0 saturated heterocycles. The van der Waals surface area contributed by atoms with E-state index in [1.807, 2.05) is 84.9 Å². The molecule has 0 N–H and O–H groups in total. The minimum Gasteiger partial charge on any atom is -0.274 e. The van der Waals surface area contributed by atoms with Crippen LogP contribution in [0.25, 0.3) is 5.57 Å². The predicted molar refractivity (Wildman–Crippen MR) is 123 cm³/mol. The zero-order chi connectivity index (χ0) is 20.9. The third-order valence-corrected chi connectivity index (χ3v) is 6.35. The standard InChI is InChI=1S/C25H20ClNO2S/c26-21-13-11-18(12-14-21)15-16-27-24(28)22(20-9-5-2-6-10-20)23(25(27)29)30-17-19-7-3-1-4-8-19/h1-14H,15-17H2. The number of hydrogen-bond donors (Lipinski definition) is 0. The van der Waals surface area contributed by atoms with Gasteiger partial charge in [-0.05, 0) is 35.2 Å². The molecule has 1 aliphatic heterocycles. The molecule has 2 amide bonds. The number of thioether (sulfide) groups is 1. The molecule has 150 valence electrons. The average molecular weight is 434 g/mol. The molecule has 3 aromatic rings. The topological polar surface area (TPSA) is 37.4 Å². The SMILES string of the molecule is O=C1C(SCc2ccccc2)=C(c2ccccc2)C(=O)N1CCc1ccc(Cl)cc1. The summed E-state index contributed by atoms with van der Waals surface area (Å²) < 4.78 is 0. The lowest BCUT2D eigenvalue weighted by molar-refractivity contribution is -0.136. The van der Waals surface area contributed by atoms with Crippen LogP contribution in [-0.4, -0.2) is 23.3 Å². The normalized spacial score (nSPS) is 14.0. The number of carbonyl (C=O) groups is 2. The van der Waals surface area contributed by atoms with Crippen LogP contribution in [0.5, 0.6) is 0 Å². The van der Waals surface area contributed by atoms with E-state index in [0.29, 0.717) is 34.2 Å². The summed E-state index contributed by atoms with van der Waals surface area (Å²) in [4.78, 5) is 28.3. The lowest BCUT2D eigenvalue weighted by Crippen LogP contribution is -2.33. The van der Waals surface area contributed by atoms with Crippen molar-refractivity contribution in [3.63, 3.8) is 0 Å². The van der Waals surface area contributed by atoms with Gasteiger partial charge in [0, 0.05) is 17.3 Å². The van der Waals surface area contributed by atoms with E-state index in [1.165, 1.54) is 16.7 Å². The second-order valence-corrected chi connectivity index (χ2v) is 8.40. The summed E-state index contributed by atoms with van der Waals surface area (Å²) in [6.45, 7) is 0.338. The molecule has 0 spiro atoms.